The summed E-state index contributed by atoms with van der Waals surface area (Å²) in [5, 5.41) is 8.73. The highest BCUT2D eigenvalue weighted by Crippen LogP contribution is 2.01. The molecule has 0 aliphatic carbocycles. The molecule has 0 atom stereocenters. The molecule has 114 valence electrons. The van der Waals surface area contributed by atoms with E-state index in [1.54, 1.807) is 0 Å². The summed E-state index contributed by atoms with van der Waals surface area (Å²) >= 11 is 0. The van der Waals surface area contributed by atoms with E-state index in [-0.39, 0.29) is 49.6 Å². The zero-order valence-electron chi connectivity index (χ0n) is 9.90. The van der Waals surface area contributed by atoms with Crippen LogP contribution in [0.25, 0.3) is 0 Å². The molecule has 0 aromatic rings. The number of piperazine rings is 1. The largest absolute Gasteiger partial charge is 0.395 e. The standard InChI is InChI=1S/C8H18N2O4S.3ClH/c11-7-5-9-1-3-10(4-2-9)6-8-15(12,13)14;;;/h11H,1-8H2,(H,12,13,14);3*1H. The highest BCUT2D eigenvalue weighted by molar-refractivity contribution is 7.85. The zero-order valence-corrected chi connectivity index (χ0v) is 13.2. The molecule has 1 rings (SSSR count). The minimum Gasteiger partial charge on any atom is -0.395 e. The number of halogens is 3. The van der Waals surface area contributed by atoms with Crippen molar-refractivity contribution >= 4 is 47.3 Å². The van der Waals surface area contributed by atoms with Gasteiger partial charge in [0.05, 0.1) is 12.4 Å². The van der Waals surface area contributed by atoms with Crippen molar-refractivity contribution in [3.8, 4) is 0 Å². The van der Waals surface area contributed by atoms with Crippen LogP contribution in [0.5, 0.6) is 0 Å². The van der Waals surface area contributed by atoms with E-state index in [4.69, 9.17) is 9.66 Å². The molecule has 1 aliphatic heterocycles. The first-order valence-electron chi connectivity index (χ1n) is 5.02. The summed E-state index contributed by atoms with van der Waals surface area (Å²) in [5.74, 6) is -0.201. The van der Waals surface area contributed by atoms with Crippen molar-refractivity contribution in [2.45, 2.75) is 0 Å². The molecule has 0 radical (unpaired) electrons. The van der Waals surface area contributed by atoms with Crippen LogP contribution >= 0.6 is 37.2 Å². The quantitative estimate of drug-likeness (QED) is 0.668. The normalized spacial score (nSPS) is 17.2. The predicted octanol–water partition coefficient (Wildman–Crippen LogP) is -0.250. The average molecular weight is 348 g/mol. The lowest BCUT2D eigenvalue weighted by molar-refractivity contribution is 0.116. The maximum atomic E-state index is 10.5. The summed E-state index contributed by atoms with van der Waals surface area (Å²) in [4.78, 5) is 4.13. The Hall–Kier alpha value is 0.660. The second kappa shape index (κ2) is 11.5. The minimum absolute atomic E-state index is 0. The molecule has 18 heavy (non-hydrogen) atoms. The Morgan fingerprint density at radius 3 is 1.61 bits per heavy atom. The summed E-state index contributed by atoms with van der Waals surface area (Å²) in [5.41, 5.74) is 0. The molecule has 1 saturated heterocycles. The molecule has 2 N–H and O–H groups in total. The fourth-order valence-electron chi connectivity index (χ4n) is 1.62. The Bertz CT molecular complexity index is 284. The molecule has 0 amide bonds. The summed E-state index contributed by atoms with van der Waals surface area (Å²) in [6, 6.07) is 0. The average Bonchev–Trinajstić information content (AvgIpc) is 2.16. The van der Waals surface area contributed by atoms with Gasteiger partial charge >= 0.3 is 0 Å². The van der Waals surface area contributed by atoms with Crippen LogP contribution in [0.3, 0.4) is 0 Å². The minimum atomic E-state index is -3.84. The van der Waals surface area contributed by atoms with Gasteiger partial charge in [0.15, 0.2) is 0 Å². The molecule has 1 fully saturated rings. The Morgan fingerprint density at radius 2 is 1.28 bits per heavy atom. The lowest BCUT2D eigenvalue weighted by Crippen LogP contribution is -2.48. The van der Waals surface area contributed by atoms with Crippen molar-refractivity contribution in [1.82, 2.24) is 9.80 Å². The van der Waals surface area contributed by atoms with E-state index in [9.17, 15) is 8.42 Å². The number of hydrogen-bond acceptors (Lipinski definition) is 5. The molecular formula is C8H21Cl3N2O4S. The highest BCUT2D eigenvalue weighted by atomic mass is 35.5. The zero-order chi connectivity index (χ0) is 11.3. The van der Waals surface area contributed by atoms with Gasteiger partial charge in [-0.3, -0.25) is 14.4 Å². The van der Waals surface area contributed by atoms with E-state index in [0.29, 0.717) is 13.1 Å². The Labute approximate surface area is 127 Å². The monoisotopic (exact) mass is 346 g/mol. The molecule has 1 aliphatic rings. The van der Waals surface area contributed by atoms with E-state index in [0.717, 1.165) is 26.2 Å². The number of β-amino-alcohol motifs (C(OH)–C–C–N with tert-alkyl or cyclic N) is 1. The molecule has 1 heterocycles. The van der Waals surface area contributed by atoms with Gasteiger partial charge in [0.2, 0.25) is 0 Å². The van der Waals surface area contributed by atoms with Crippen LogP contribution in [0.1, 0.15) is 0 Å². The molecule has 0 aromatic heterocycles. The molecule has 0 saturated carbocycles. The second-order valence-electron chi connectivity index (χ2n) is 3.69. The summed E-state index contributed by atoms with van der Waals surface area (Å²) in [6.07, 6.45) is 0. The van der Waals surface area contributed by atoms with Crippen molar-refractivity contribution in [3.63, 3.8) is 0 Å². The molecule has 0 spiro atoms. The summed E-state index contributed by atoms with van der Waals surface area (Å²) in [6.45, 7) is 4.46. The van der Waals surface area contributed by atoms with E-state index in [2.05, 4.69) is 4.90 Å². The number of aliphatic hydroxyl groups excluding tert-OH is 1. The SMILES string of the molecule is Cl.Cl.Cl.O=S(=O)(O)CCN1CCN(CCO)CC1. The molecule has 0 unspecified atom stereocenters. The summed E-state index contributed by atoms with van der Waals surface area (Å²) in [7, 11) is -3.84. The topological polar surface area (TPSA) is 81.1 Å². The maximum absolute atomic E-state index is 10.5. The third-order valence-corrected chi connectivity index (χ3v) is 3.25. The van der Waals surface area contributed by atoms with Gasteiger partial charge in [-0.1, -0.05) is 0 Å². The van der Waals surface area contributed by atoms with E-state index < -0.39 is 10.1 Å². The molecule has 0 bridgehead atoms. The maximum Gasteiger partial charge on any atom is 0.266 e. The molecule has 0 aromatic carbocycles. The first-order valence-corrected chi connectivity index (χ1v) is 6.63. The van der Waals surface area contributed by atoms with Crippen molar-refractivity contribution in [2.24, 2.45) is 0 Å². The van der Waals surface area contributed by atoms with Gasteiger partial charge in [-0.15, -0.1) is 37.2 Å². The molecule has 10 heteroatoms. The molecule has 6 nitrogen and oxygen atoms in total. The van der Waals surface area contributed by atoms with Crippen LogP contribution in [0.4, 0.5) is 0 Å². The first-order chi connectivity index (χ1) is 7.01. The van der Waals surface area contributed by atoms with Crippen molar-refractivity contribution in [3.05, 3.63) is 0 Å². The van der Waals surface area contributed by atoms with Crippen LogP contribution in [-0.2, 0) is 10.1 Å². The van der Waals surface area contributed by atoms with Crippen molar-refractivity contribution < 1.29 is 18.1 Å². The number of nitrogens with zero attached hydrogens (tertiary/aromatic N) is 2. The van der Waals surface area contributed by atoms with Crippen molar-refractivity contribution in [1.29, 1.82) is 0 Å². The summed E-state index contributed by atoms with van der Waals surface area (Å²) < 4.78 is 29.6. The van der Waals surface area contributed by atoms with Gasteiger partial charge in [-0.25, -0.2) is 0 Å². The van der Waals surface area contributed by atoms with E-state index >= 15 is 0 Å². The van der Waals surface area contributed by atoms with Crippen LogP contribution in [0, 0.1) is 0 Å². The second-order valence-corrected chi connectivity index (χ2v) is 5.27. The van der Waals surface area contributed by atoms with Crippen LogP contribution in [0.2, 0.25) is 0 Å². The third kappa shape index (κ3) is 10.6. The number of rotatable bonds is 5. The van der Waals surface area contributed by atoms with Gasteiger partial charge in [-0.05, 0) is 0 Å². The van der Waals surface area contributed by atoms with Crippen LogP contribution in [0.15, 0.2) is 0 Å². The van der Waals surface area contributed by atoms with Crippen molar-refractivity contribution in [2.75, 3.05) is 51.6 Å². The smallest absolute Gasteiger partial charge is 0.266 e. The number of hydrogen-bond donors (Lipinski definition) is 2. The van der Waals surface area contributed by atoms with Crippen LogP contribution in [-0.4, -0.2) is 79.5 Å². The third-order valence-electron chi connectivity index (χ3n) is 2.55. The first kappa shape index (κ1) is 23.7. The van der Waals surface area contributed by atoms with Gasteiger partial charge in [-0.2, -0.15) is 8.42 Å². The van der Waals surface area contributed by atoms with Crippen LogP contribution < -0.4 is 0 Å². The van der Waals surface area contributed by atoms with Gasteiger partial charge in [0.25, 0.3) is 10.1 Å². The highest BCUT2D eigenvalue weighted by Gasteiger charge is 2.17. The Morgan fingerprint density at radius 1 is 0.889 bits per heavy atom. The van der Waals surface area contributed by atoms with Gasteiger partial charge in [0, 0.05) is 39.3 Å². The van der Waals surface area contributed by atoms with E-state index in [1.165, 1.54) is 0 Å². The Balaban J connectivity index is -0.000000750. The van der Waals surface area contributed by atoms with E-state index in [1.807, 2.05) is 4.90 Å². The van der Waals surface area contributed by atoms with Gasteiger partial charge in [0.1, 0.15) is 0 Å². The fraction of sp³-hybridized carbons (Fsp3) is 1.00. The fourth-order valence-corrected chi connectivity index (χ4v) is 2.11. The Kier molecular flexibility index (Phi) is 15.1. The lowest BCUT2D eigenvalue weighted by Gasteiger charge is -2.33. The predicted molar refractivity (Wildman–Crippen MR) is 78.1 cm³/mol. The number of aliphatic hydroxyl groups is 1. The lowest BCUT2D eigenvalue weighted by atomic mass is 10.3. The molecular weight excluding hydrogens is 327 g/mol. The van der Waals surface area contributed by atoms with Gasteiger partial charge < -0.3 is 5.11 Å².